The van der Waals surface area contributed by atoms with Gasteiger partial charge < -0.3 is 5.32 Å². The quantitative estimate of drug-likeness (QED) is 0.789. The maximum absolute atomic E-state index is 12.1. The first-order valence-electron chi connectivity index (χ1n) is 5.36. The first-order valence-corrected chi connectivity index (χ1v) is 6.91. The van der Waals surface area contributed by atoms with Crippen molar-refractivity contribution in [1.82, 2.24) is 4.98 Å². The van der Waals surface area contributed by atoms with Crippen molar-refractivity contribution in [2.75, 3.05) is 5.32 Å². The van der Waals surface area contributed by atoms with E-state index < -0.39 is 0 Å². The lowest BCUT2D eigenvalue weighted by atomic mass is 10.2. The zero-order valence-electron chi connectivity index (χ0n) is 9.88. The number of benzene rings is 1. The smallest absolute Gasteiger partial charge is 0.255 e. The molecule has 0 aliphatic carbocycles. The van der Waals surface area contributed by atoms with Gasteiger partial charge in [0.25, 0.3) is 5.91 Å². The van der Waals surface area contributed by atoms with Crippen molar-refractivity contribution in [1.29, 1.82) is 0 Å². The summed E-state index contributed by atoms with van der Waals surface area (Å²) in [5, 5.41) is 3.57. The van der Waals surface area contributed by atoms with E-state index in [1.54, 1.807) is 31.2 Å². The van der Waals surface area contributed by atoms with E-state index in [4.69, 9.17) is 23.2 Å². The number of aryl methyl sites for hydroxylation is 1. The molecule has 1 amide bonds. The monoisotopic (exact) mass is 358 g/mol. The molecule has 0 bridgehead atoms. The topological polar surface area (TPSA) is 42.0 Å². The van der Waals surface area contributed by atoms with E-state index in [0.717, 1.165) is 4.47 Å². The lowest BCUT2D eigenvalue weighted by molar-refractivity contribution is 0.102. The normalized spacial score (nSPS) is 10.3. The summed E-state index contributed by atoms with van der Waals surface area (Å²) in [4.78, 5) is 16.1. The number of pyridine rings is 1. The fourth-order valence-corrected chi connectivity index (χ4v) is 2.21. The third-order valence-corrected chi connectivity index (χ3v) is 3.79. The van der Waals surface area contributed by atoms with Crippen LogP contribution in [0, 0.1) is 6.92 Å². The highest BCUT2D eigenvalue weighted by molar-refractivity contribution is 9.10. The molecule has 1 heterocycles. The van der Waals surface area contributed by atoms with Crippen LogP contribution in [0.4, 0.5) is 5.69 Å². The Morgan fingerprint density at radius 1 is 1.26 bits per heavy atom. The van der Waals surface area contributed by atoms with E-state index in [1.807, 2.05) is 0 Å². The Bertz CT molecular complexity index is 626. The minimum absolute atomic E-state index is 0.259. The van der Waals surface area contributed by atoms with E-state index in [0.29, 0.717) is 27.1 Å². The van der Waals surface area contributed by atoms with Gasteiger partial charge in [-0.05, 0) is 53.2 Å². The molecule has 1 aromatic carbocycles. The van der Waals surface area contributed by atoms with E-state index in [9.17, 15) is 4.79 Å². The second-order valence-electron chi connectivity index (χ2n) is 3.90. The second kappa shape index (κ2) is 5.90. The summed E-state index contributed by atoms with van der Waals surface area (Å²) in [6, 6.07) is 8.37. The summed E-state index contributed by atoms with van der Waals surface area (Å²) in [6.45, 7) is 1.78. The van der Waals surface area contributed by atoms with Gasteiger partial charge in [0.15, 0.2) is 0 Å². The van der Waals surface area contributed by atoms with E-state index >= 15 is 0 Å². The number of carbonyl (C=O) groups excluding carboxylic acids is 1. The van der Waals surface area contributed by atoms with Crippen LogP contribution in [-0.2, 0) is 0 Å². The highest BCUT2D eigenvalue weighted by Gasteiger charge is 2.09. The molecule has 1 N–H and O–H groups in total. The highest BCUT2D eigenvalue weighted by atomic mass is 79.9. The molecular weight excluding hydrogens is 351 g/mol. The fraction of sp³-hybridized carbons (Fsp3) is 0.0769. The van der Waals surface area contributed by atoms with Crippen LogP contribution in [0.1, 0.15) is 16.1 Å². The number of aromatic nitrogens is 1. The SMILES string of the molecule is Cc1cc(C(=O)Nc2ccc(Br)c(Cl)c2)cc(Cl)n1. The summed E-state index contributed by atoms with van der Waals surface area (Å²) in [6.07, 6.45) is 0. The third kappa shape index (κ3) is 3.69. The minimum atomic E-state index is -0.259. The molecule has 0 saturated carbocycles. The summed E-state index contributed by atoms with van der Waals surface area (Å²) in [7, 11) is 0. The van der Waals surface area contributed by atoms with Crippen LogP contribution in [0.2, 0.25) is 10.2 Å². The molecule has 0 aliphatic rings. The number of nitrogens with one attached hydrogen (secondary N) is 1. The lowest BCUT2D eigenvalue weighted by Crippen LogP contribution is -2.12. The first-order chi connectivity index (χ1) is 8.95. The van der Waals surface area contributed by atoms with Crippen LogP contribution in [0.5, 0.6) is 0 Å². The van der Waals surface area contributed by atoms with Gasteiger partial charge in [0.1, 0.15) is 5.15 Å². The Morgan fingerprint density at radius 2 is 2.00 bits per heavy atom. The first kappa shape index (κ1) is 14.3. The van der Waals surface area contributed by atoms with Gasteiger partial charge in [-0.3, -0.25) is 4.79 Å². The van der Waals surface area contributed by atoms with Gasteiger partial charge in [-0.1, -0.05) is 23.2 Å². The van der Waals surface area contributed by atoms with Crippen LogP contribution < -0.4 is 5.32 Å². The molecule has 3 nitrogen and oxygen atoms in total. The second-order valence-corrected chi connectivity index (χ2v) is 5.55. The summed E-state index contributed by atoms with van der Waals surface area (Å²) >= 11 is 15.1. The van der Waals surface area contributed by atoms with Crippen LogP contribution in [0.15, 0.2) is 34.8 Å². The van der Waals surface area contributed by atoms with Crippen LogP contribution in [0.3, 0.4) is 0 Å². The van der Waals surface area contributed by atoms with Crippen LogP contribution in [-0.4, -0.2) is 10.9 Å². The van der Waals surface area contributed by atoms with Crippen molar-refractivity contribution in [3.63, 3.8) is 0 Å². The molecule has 1 aromatic heterocycles. The molecule has 0 saturated heterocycles. The molecule has 0 radical (unpaired) electrons. The number of anilines is 1. The van der Waals surface area contributed by atoms with E-state index in [1.165, 1.54) is 6.07 Å². The van der Waals surface area contributed by atoms with Crippen molar-refractivity contribution in [2.45, 2.75) is 6.92 Å². The predicted octanol–water partition coefficient (Wildman–Crippen LogP) is 4.71. The van der Waals surface area contributed by atoms with Gasteiger partial charge in [0.2, 0.25) is 0 Å². The molecule has 6 heteroatoms. The highest BCUT2D eigenvalue weighted by Crippen LogP contribution is 2.25. The molecule has 0 atom stereocenters. The van der Waals surface area contributed by atoms with Gasteiger partial charge in [0.05, 0.1) is 5.02 Å². The standard InChI is InChI=1S/C13H9BrCl2N2O/c1-7-4-8(5-12(16)17-7)13(19)18-9-2-3-10(14)11(15)6-9/h2-6H,1H3,(H,18,19). The maximum Gasteiger partial charge on any atom is 0.255 e. The molecule has 19 heavy (non-hydrogen) atoms. The van der Waals surface area contributed by atoms with Crippen molar-refractivity contribution in [2.24, 2.45) is 0 Å². The third-order valence-electron chi connectivity index (χ3n) is 2.36. The number of nitrogens with zero attached hydrogens (tertiary/aromatic N) is 1. The molecular formula is C13H9BrCl2N2O. The molecule has 2 aromatic rings. The molecule has 0 aliphatic heterocycles. The summed E-state index contributed by atoms with van der Waals surface area (Å²) < 4.78 is 0.773. The number of hydrogen-bond acceptors (Lipinski definition) is 2. The Morgan fingerprint density at radius 3 is 2.63 bits per heavy atom. The van der Waals surface area contributed by atoms with E-state index in [-0.39, 0.29) is 5.91 Å². The Balaban J connectivity index is 2.22. The molecule has 0 unspecified atom stereocenters. The van der Waals surface area contributed by atoms with Crippen molar-refractivity contribution in [3.05, 3.63) is 56.2 Å². The predicted molar refractivity (Wildman–Crippen MR) is 81.1 cm³/mol. The number of hydrogen-bond donors (Lipinski definition) is 1. The van der Waals surface area contributed by atoms with Gasteiger partial charge in [-0.15, -0.1) is 0 Å². The Labute approximate surface area is 129 Å². The van der Waals surface area contributed by atoms with Gasteiger partial charge in [-0.25, -0.2) is 4.98 Å². The summed E-state index contributed by atoms with van der Waals surface area (Å²) in [5.74, 6) is -0.259. The minimum Gasteiger partial charge on any atom is -0.322 e. The van der Waals surface area contributed by atoms with Gasteiger partial charge in [-0.2, -0.15) is 0 Å². The number of rotatable bonds is 2. The zero-order chi connectivity index (χ0) is 14.0. The zero-order valence-corrected chi connectivity index (χ0v) is 13.0. The maximum atomic E-state index is 12.1. The van der Waals surface area contributed by atoms with Crippen LogP contribution >= 0.6 is 39.1 Å². The molecule has 0 fully saturated rings. The van der Waals surface area contributed by atoms with Gasteiger partial charge >= 0.3 is 0 Å². The van der Waals surface area contributed by atoms with Gasteiger partial charge in [0, 0.05) is 21.4 Å². The van der Waals surface area contributed by atoms with Crippen molar-refractivity contribution in [3.8, 4) is 0 Å². The molecule has 0 spiro atoms. The number of halogens is 3. The number of amides is 1. The average molecular weight is 360 g/mol. The van der Waals surface area contributed by atoms with Crippen molar-refractivity contribution >= 4 is 50.7 Å². The summed E-state index contributed by atoms with van der Waals surface area (Å²) in [5.41, 5.74) is 1.76. The Kier molecular flexibility index (Phi) is 4.45. The number of carbonyl (C=O) groups is 1. The molecule has 2 rings (SSSR count). The van der Waals surface area contributed by atoms with E-state index in [2.05, 4.69) is 26.2 Å². The largest absolute Gasteiger partial charge is 0.322 e. The fourth-order valence-electron chi connectivity index (χ4n) is 1.54. The molecule has 98 valence electrons. The average Bonchev–Trinajstić information content (AvgIpc) is 2.32. The van der Waals surface area contributed by atoms with Crippen molar-refractivity contribution < 1.29 is 4.79 Å². The van der Waals surface area contributed by atoms with Crippen LogP contribution in [0.25, 0.3) is 0 Å². The Hall–Kier alpha value is -1.10. The lowest BCUT2D eigenvalue weighted by Gasteiger charge is -2.07.